The fraction of sp³-hybridized carbons (Fsp3) is 0.296. The summed E-state index contributed by atoms with van der Waals surface area (Å²) < 4.78 is 5.97. The second-order valence-corrected chi connectivity index (χ2v) is 8.36. The lowest BCUT2D eigenvalue weighted by Crippen LogP contribution is -2.38. The molecule has 1 N–H and O–H groups in total. The third-order valence-corrected chi connectivity index (χ3v) is 6.17. The van der Waals surface area contributed by atoms with Crippen molar-refractivity contribution in [1.82, 2.24) is 0 Å². The molecule has 1 aliphatic rings. The Morgan fingerprint density at radius 3 is 2.30 bits per heavy atom. The molecule has 4 rings (SSSR count). The predicted molar refractivity (Wildman–Crippen MR) is 122 cm³/mol. The monoisotopic (exact) mass is 399 g/mol. The van der Waals surface area contributed by atoms with E-state index in [4.69, 9.17) is 4.74 Å². The van der Waals surface area contributed by atoms with Crippen LogP contribution in [0, 0.1) is 13.8 Å². The second-order valence-electron chi connectivity index (χ2n) is 8.36. The van der Waals surface area contributed by atoms with Crippen molar-refractivity contribution in [3.05, 3.63) is 95.1 Å². The predicted octanol–water partition coefficient (Wildman–Crippen LogP) is 6.33. The number of anilines is 1. The molecular formula is C27H29NO2. The fourth-order valence-electron chi connectivity index (χ4n) is 4.37. The first kappa shape index (κ1) is 20.2. The van der Waals surface area contributed by atoms with E-state index in [0.29, 0.717) is 6.61 Å². The zero-order valence-electron chi connectivity index (χ0n) is 17.8. The Bertz CT molecular complexity index is 1000. The highest BCUT2D eigenvalue weighted by molar-refractivity contribution is 5.99. The van der Waals surface area contributed by atoms with Crippen LogP contribution in [0.1, 0.15) is 47.9 Å². The van der Waals surface area contributed by atoms with Gasteiger partial charge in [0.05, 0.1) is 5.41 Å². The molecule has 0 aromatic heterocycles. The number of rotatable bonds is 6. The summed E-state index contributed by atoms with van der Waals surface area (Å²) in [5.74, 6) is 0.937. The summed E-state index contributed by atoms with van der Waals surface area (Å²) in [4.78, 5) is 13.4. The van der Waals surface area contributed by atoms with E-state index in [0.717, 1.165) is 53.8 Å². The zero-order chi connectivity index (χ0) is 21.0. The van der Waals surface area contributed by atoms with E-state index in [1.165, 1.54) is 5.56 Å². The summed E-state index contributed by atoms with van der Waals surface area (Å²) in [6.07, 6.45) is 3.98. The molecule has 154 valence electrons. The van der Waals surface area contributed by atoms with Gasteiger partial charge in [-0.25, -0.2) is 0 Å². The standard InChI is InChI=1S/C27H29NO2/c1-20-10-12-23(13-11-20)27(16-6-7-17-27)26(29)28-24-14-15-25(21(2)18-24)30-19-22-8-4-3-5-9-22/h3-5,8-15,18H,6-7,16-17,19H2,1-2H3,(H,28,29). The van der Waals surface area contributed by atoms with Crippen LogP contribution in [0.3, 0.4) is 0 Å². The van der Waals surface area contributed by atoms with Crippen molar-refractivity contribution < 1.29 is 9.53 Å². The van der Waals surface area contributed by atoms with Gasteiger partial charge in [0.1, 0.15) is 12.4 Å². The van der Waals surface area contributed by atoms with E-state index in [1.807, 2.05) is 43.3 Å². The van der Waals surface area contributed by atoms with Crippen LogP contribution in [0.5, 0.6) is 5.75 Å². The molecule has 0 heterocycles. The van der Waals surface area contributed by atoms with Crippen molar-refractivity contribution in [2.45, 2.75) is 51.6 Å². The average Bonchev–Trinajstić information content (AvgIpc) is 3.26. The number of amides is 1. The molecular weight excluding hydrogens is 370 g/mol. The zero-order valence-corrected chi connectivity index (χ0v) is 17.8. The van der Waals surface area contributed by atoms with Gasteiger partial charge >= 0.3 is 0 Å². The number of benzene rings is 3. The highest BCUT2D eigenvalue weighted by Crippen LogP contribution is 2.42. The minimum absolute atomic E-state index is 0.0983. The Labute approximate surface area is 179 Å². The molecule has 0 unspecified atom stereocenters. The SMILES string of the molecule is Cc1ccc(C2(C(=O)Nc3ccc(OCc4ccccc4)c(C)c3)CCCC2)cc1. The van der Waals surface area contributed by atoms with Crippen LogP contribution in [0.4, 0.5) is 5.69 Å². The molecule has 3 nitrogen and oxygen atoms in total. The lowest BCUT2D eigenvalue weighted by Gasteiger charge is -2.28. The maximum atomic E-state index is 13.4. The Morgan fingerprint density at radius 1 is 0.933 bits per heavy atom. The van der Waals surface area contributed by atoms with Gasteiger partial charge in [0.2, 0.25) is 5.91 Å². The van der Waals surface area contributed by atoms with Crippen molar-refractivity contribution in [2.24, 2.45) is 0 Å². The van der Waals surface area contributed by atoms with Crippen LogP contribution in [0.15, 0.2) is 72.8 Å². The topological polar surface area (TPSA) is 38.3 Å². The average molecular weight is 400 g/mol. The molecule has 0 radical (unpaired) electrons. The first-order chi connectivity index (χ1) is 14.6. The van der Waals surface area contributed by atoms with E-state index in [9.17, 15) is 4.79 Å². The molecule has 30 heavy (non-hydrogen) atoms. The molecule has 3 heteroatoms. The Kier molecular flexibility index (Phi) is 5.89. The summed E-state index contributed by atoms with van der Waals surface area (Å²) >= 11 is 0. The number of nitrogens with one attached hydrogen (secondary N) is 1. The third kappa shape index (κ3) is 4.25. The first-order valence-corrected chi connectivity index (χ1v) is 10.7. The number of hydrogen-bond acceptors (Lipinski definition) is 2. The molecule has 3 aromatic rings. The largest absolute Gasteiger partial charge is 0.489 e. The van der Waals surface area contributed by atoms with Crippen LogP contribution in [0.2, 0.25) is 0 Å². The normalized spacial score (nSPS) is 15.0. The maximum Gasteiger partial charge on any atom is 0.235 e. The fourth-order valence-corrected chi connectivity index (χ4v) is 4.37. The molecule has 1 aliphatic carbocycles. The lowest BCUT2D eigenvalue weighted by molar-refractivity contribution is -0.121. The van der Waals surface area contributed by atoms with Gasteiger partial charge in [-0.2, -0.15) is 0 Å². The molecule has 1 saturated carbocycles. The van der Waals surface area contributed by atoms with E-state index in [2.05, 4.69) is 48.6 Å². The van der Waals surface area contributed by atoms with Crippen molar-refractivity contribution in [2.75, 3.05) is 5.32 Å². The van der Waals surface area contributed by atoms with E-state index in [-0.39, 0.29) is 5.91 Å². The van der Waals surface area contributed by atoms with Gasteiger partial charge in [-0.15, -0.1) is 0 Å². The summed E-state index contributed by atoms with van der Waals surface area (Å²) in [7, 11) is 0. The summed E-state index contributed by atoms with van der Waals surface area (Å²) in [5.41, 5.74) is 4.89. The van der Waals surface area contributed by atoms with Gasteiger partial charge in [0.15, 0.2) is 0 Å². The first-order valence-electron chi connectivity index (χ1n) is 10.7. The van der Waals surface area contributed by atoms with Crippen LogP contribution in [0.25, 0.3) is 0 Å². The highest BCUT2D eigenvalue weighted by Gasteiger charge is 2.42. The Hall–Kier alpha value is -3.07. The van der Waals surface area contributed by atoms with Crippen molar-refractivity contribution >= 4 is 11.6 Å². The number of ether oxygens (including phenoxy) is 1. The van der Waals surface area contributed by atoms with Gasteiger partial charge in [-0.1, -0.05) is 73.0 Å². The van der Waals surface area contributed by atoms with Gasteiger partial charge in [-0.05, 0) is 61.6 Å². The van der Waals surface area contributed by atoms with Crippen LogP contribution >= 0.6 is 0 Å². The number of hydrogen-bond donors (Lipinski definition) is 1. The van der Waals surface area contributed by atoms with Crippen molar-refractivity contribution in [1.29, 1.82) is 0 Å². The maximum absolute atomic E-state index is 13.4. The molecule has 0 atom stereocenters. The number of aryl methyl sites for hydroxylation is 2. The van der Waals surface area contributed by atoms with E-state index < -0.39 is 5.41 Å². The second kappa shape index (κ2) is 8.74. The smallest absolute Gasteiger partial charge is 0.235 e. The molecule has 0 aliphatic heterocycles. The number of carbonyl (C=O) groups is 1. The lowest BCUT2D eigenvalue weighted by atomic mass is 9.77. The molecule has 0 spiro atoms. The molecule has 0 bridgehead atoms. The van der Waals surface area contributed by atoms with Crippen LogP contribution in [-0.2, 0) is 16.8 Å². The summed E-state index contributed by atoms with van der Waals surface area (Å²) in [6, 6.07) is 24.4. The number of carbonyl (C=O) groups excluding carboxylic acids is 1. The van der Waals surface area contributed by atoms with Crippen molar-refractivity contribution in [3.63, 3.8) is 0 Å². The van der Waals surface area contributed by atoms with Gasteiger partial charge in [-0.3, -0.25) is 4.79 Å². The summed E-state index contributed by atoms with van der Waals surface area (Å²) in [6.45, 7) is 4.63. The summed E-state index contributed by atoms with van der Waals surface area (Å²) in [5, 5.41) is 3.19. The molecule has 0 saturated heterocycles. The third-order valence-electron chi connectivity index (χ3n) is 6.17. The Morgan fingerprint density at radius 2 is 1.63 bits per heavy atom. The van der Waals surface area contributed by atoms with Crippen molar-refractivity contribution in [3.8, 4) is 5.75 Å². The highest BCUT2D eigenvalue weighted by atomic mass is 16.5. The minimum atomic E-state index is -0.427. The molecule has 3 aromatic carbocycles. The van der Waals surface area contributed by atoms with Gasteiger partial charge < -0.3 is 10.1 Å². The van der Waals surface area contributed by atoms with Gasteiger partial charge in [0.25, 0.3) is 0 Å². The van der Waals surface area contributed by atoms with E-state index >= 15 is 0 Å². The molecule has 1 amide bonds. The van der Waals surface area contributed by atoms with E-state index in [1.54, 1.807) is 0 Å². The minimum Gasteiger partial charge on any atom is -0.489 e. The molecule has 1 fully saturated rings. The Balaban J connectivity index is 1.48. The van der Waals surface area contributed by atoms with Crippen LogP contribution in [-0.4, -0.2) is 5.91 Å². The van der Waals surface area contributed by atoms with Gasteiger partial charge in [0, 0.05) is 5.69 Å². The quantitative estimate of drug-likeness (QED) is 0.526. The van der Waals surface area contributed by atoms with Crippen LogP contribution < -0.4 is 10.1 Å².